The Kier molecular flexibility index (Phi) is 9.25. The summed E-state index contributed by atoms with van der Waals surface area (Å²) in [6.45, 7) is 0.704. The third kappa shape index (κ3) is 8.23. The summed E-state index contributed by atoms with van der Waals surface area (Å²) in [5, 5.41) is 8.99. The molecule has 1 atom stereocenters. The summed E-state index contributed by atoms with van der Waals surface area (Å²) >= 11 is 0. The first-order valence-corrected chi connectivity index (χ1v) is 11.6. The maximum absolute atomic E-state index is 12.6. The Morgan fingerprint density at radius 1 is 0.818 bits per heavy atom. The number of hydrogen-bond acceptors (Lipinski definition) is 2. The quantitative estimate of drug-likeness (QED) is 0.401. The zero-order valence-electron chi connectivity index (χ0n) is 19.3. The number of amides is 1. The van der Waals surface area contributed by atoms with Crippen LogP contribution in [0.3, 0.4) is 0 Å². The monoisotopic (exact) mass is 443 g/mol. The molecule has 4 heteroatoms. The lowest BCUT2D eigenvalue weighted by atomic mass is 9.87. The second kappa shape index (κ2) is 12.6. The minimum Gasteiger partial charge on any atom is -0.481 e. The summed E-state index contributed by atoms with van der Waals surface area (Å²) in [6, 6.07) is 28.8. The predicted octanol–water partition coefficient (Wildman–Crippen LogP) is 5.51. The van der Waals surface area contributed by atoms with Gasteiger partial charge in [-0.3, -0.25) is 9.59 Å². The van der Waals surface area contributed by atoms with Gasteiger partial charge in [-0.15, -0.1) is 0 Å². The highest BCUT2D eigenvalue weighted by Crippen LogP contribution is 2.26. The summed E-state index contributed by atoms with van der Waals surface area (Å²) in [5.74, 6) is -0.346. The smallest absolute Gasteiger partial charge is 0.303 e. The predicted molar refractivity (Wildman–Crippen MR) is 132 cm³/mol. The van der Waals surface area contributed by atoms with Gasteiger partial charge in [0.1, 0.15) is 0 Å². The Bertz CT molecular complexity index is 1000. The summed E-state index contributed by atoms with van der Waals surface area (Å²) in [5.41, 5.74) is 4.69. The molecule has 172 valence electrons. The van der Waals surface area contributed by atoms with E-state index in [0.717, 1.165) is 24.8 Å². The molecule has 0 heterocycles. The van der Waals surface area contributed by atoms with Crippen molar-refractivity contribution in [2.75, 3.05) is 13.6 Å². The van der Waals surface area contributed by atoms with Gasteiger partial charge in [0.05, 0.1) is 6.42 Å². The molecule has 0 aliphatic carbocycles. The maximum atomic E-state index is 12.6. The summed E-state index contributed by atoms with van der Waals surface area (Å²) in [7, 11) is 1.86. The number of likely N-dealkylation sites (N-methyl/N-ethyl adjacent to an activating group) is 1. The highest BCUT2D eigenvalue weighted by molar-refractivity contribution is 5.78. The second-order valence-electron chi connectivity index (χ2n) is 8.64. The van der Waals surface area contributed by atoms with E-state index in [9.17, 15) is 9.59 Å². The van der Waals surface area contributed by atoms with Crippen molar-refractivity contribution in [3.63, 3.8) is 0 Å². The first kappa shape index (κ1) is 24.2. The van der Waals surface area contributed by atoms with Crippen molar-refractivity contribution >= 4 is 11.9 Å². The fourth-order valence-corrected chi connectivity index (χ4v) is 4.06. The third-order valence-corrected chi connectivity index (χ3v) is 6.08. The summed E-state index contributed by atoms with van der Waals surface area (Å²) < 4.78 is 0. The number of benzene rings is 3. The lowest BCUT2D eigenvalue weighted by molar-refractivity contribution is -0.137. The number of carboxylic acids is 1. The van der Waals surface area contributed by atoms with Crippen LogP contribution in [0.2, 0.25) is 0 Å². The van der Waals surface area contributed by atoms with E-state index in [4.69, 9.17) is 5.11 Å². The number of rotatable bonds is 12. The minimum absolute atomic E-state index is 0.120. The normalized spacial score (nSPS) is 11.7. The molecule has 0 aliphatic rings. The summed E-state index contributed by atoms with van der Waals surface area (Å²) in [4.78, 5) is 25.4. The van der Waals surface area contributed by atoms with E-state index in [-0.39, 0.29) is 18.2 Å². The zero-order valence-corrected chi connectivity index (χ0v) is 19.3. The van der Waals surface area contributed by atoms with Crippen LogP contribution in [-0.4, -0.2) is 35.5 Å². The van der Waals surface area contributed by atoms with Gasteiger partial charge in [0.25, 0.3) is 0 Å². The van der Waals surface area contributed by atoms with E-state index < -0.39 is 5.97 Å². The highest BCUT2D eigenvalue weighted by atomic mass is 16.4. The Labute approximate surface area is 196 Å². The molecule has 0 aromatic heterocycles. The molecule has 3 rings (SSSR count). The van der Waals surface area contributed by atoms with Crippen LogP contribution in [0.25, 0.3) is 0 Å². The molecular weight excluding hydrogens is 410 g/mol. The van der Waals surface area contributed by atoms with Gasteiger partial charge in [0, 0.05) is 20.0 Å². The van der Waals surface area contributed by atoms with Crippen LogP contribution in [0, 0.1) is 0 Å². The maximum Gasteiger partial charge on any atom is 0.303 e. The van der Waals surface area contributed by atoms with Gasteiger partial charge in [-0.05, 0) is 53.9 Å². The average molecular weight is 444 g/mol. The largest absolute Gasteiger partial charge is 0.481 e. The number of hydrogen-bond donors (Lipinski definition) is 1. The molecule has 0 fully saturated rings. The number of carboxylic acid groups (broad SMARTS) is 1. The van der Waals surface area contributed by atoms with Gasteiger partial charge in [-0.2, -0.15) is 0 Å². The molecule has 0 radical (unpaired) electrons. The van der Waals surface area contributed by atoms with E-state index >= 15 is 0 Å². The van der Waals surface area contributed by atoms with Crippen molar-refractivity contribution in [1.82, 2.24) is 4.90 Å². The van der Waals surface area contributed by atoms with Crippen molar-refractivity contribution in [2.45, 2.75) is 44.4 Å². The number of carbonyl (C=O) groups is 2. The topological polar surface area (TPSA) is 57.6 Å². The van der Waals surface area contributed by atoms with E-state index in [2.05, 4.69) is 36.4 Å². The van der Waals surface area contributed by atoms with Gasteiger partial charge in [-0.25, -0.2) is 0 Å². The Balaban J connectivity index is 1.55. The first-order valence-electron chi connectivity index (χ1n) is 11.6. The number of aliphatic carboxylic acids is 1. The fourth-order valence-electron chi connectivity index (χ4n) is 4.06. The van der Waals surface area contributed by atoms with Crippen LogP contribution in [0.5, 0.6) is 0 Å². The number of nitrogens with zero attached hydrogens (tertiary/aromatic N) is 1. The minimum atomic E-state index is -0.746. The van der Waals surface area contributed by atoms with Gasteiger partial charge >= 0.3 is 5.97 Å². The summed E-state index contributed by atoms with van der Waals surface area (Å²) in [6.07, 6.45) is 3.80. The van der Waals surface area contributed by atoms with E-state index in [1.165, 1.54) is 16.7 Å². The van der Waals surface area contributed by atoms with Crippen molar-refractivity contribution in [1.29, 1.82) is 0 Å². The molecular formula is C29H33NO3. The lowest BCUT2D eigenvalue weighted by Gasteiger charge is -2.19. The highest BCUT2D eigenvalue weighted by Gasteiger charge is 2.14. The Hall–Kier alpha value is -3.40. The van der Waals surface area contributed by atoms with Crippen molar-refractivity contribution < 1.29 is 14.7 Å². The van der Waals surface area contributed by atoms with E-state index in [1.54, 1.807) is 4.90 Å². The van der Waals surface area contributed by atoms with Gasteiger partial charge in [-0.1, -0.05) is 84.9 Å². The standard InChI is InChI=1S/C29H33NO3/c1-30(20-19-23-9-4-2-5-10-23)28(31)22-25-17-15-24(16-18-25)21-27(13-8-14-29(32)33)26-11-6-3-7-12-26/h2-7,9-12,15-18,27H,8,13-14,19-22H2,1H3,(H,32,33). The van der Waals surface area contributed by atoms with Crippen LogP contribution in [0.15, 0.2) is 84.9 Å². The van der Waals surface area contributed by atoms with Crippen molar-refractivity contribution in [3.8, 4) is 0 Å². The molecule has 3 aromatic carbocycles. The number of carbonyl (C=O) groups excluding carboxylic acids is 1. The molecule has 0 spiro atoms. The molecule has 3 aromatic rings. The molecule has 0 saturated heterocycles. The fraction of sp³-hybridized carbons (Fsp3) is 0.310. The molecule has 1 unspecified atom stereocenters. The molecule has 33 heavy (non-hydrogen) atoms. The second-order valence-corrected chi connectivity index (χ2v) is 8.64. The average Bonchev–Trinajstić information content (AvgIpc) is 2.84. The van der Waals surface area contributed by atoms with Crippen molar-refractivity contribution in [2.24, 2.45) is 0 Å². The van der Waals surface area contributed by atoms with Gasteiger partial charge in [0.2, 0.25) is 5.91 Å². The third-order valence-electron chi connectivity index (χ3n) is 6.08. The van der Waals surface area contributed by atoms with Crippen LogP contribution >= 0.6 is 0 Å². The Morgan fingerprint density at radius 2 is 1.42 bits per heavy atom. The molecule has 0 bridgehead atoms. The Morgan fingerprint density at radius 3 is 2.06 bits per heavy atom. The molecule has 4 nitrogen and oxygen atoms in total. The molecule has 1 N–H and O–H groups in total. The van der Waals surface area contributed by atoms with Gasteiger partial charge < -0.3 is 10.0 Å². The van der Waals surface area contributed by atoms with E-state index in [1.807, 2.05) is 55.6 Å². The van der Waals surface area contributed by atoms with Crippen molar-refractivity contribution in [3.05, 3.63) is 107 Å². The van der Waals surface area contributed by atoms with Crippen LogP contribution in [0.4, 0.5) is 0 Å². The van der Waals surface area contributed by atoms with Crippen LogP contribution in [-0.2, 0) is 28.9 Å². The van der Waals surface area contributed by atoms with Gasteiger partial charge in [0.15, 0.2) is 0 Å². The first-order chi connectivity index (χ1) is 16.0. The van der Waals surface area contributed by atoms with E-state index in [0.29, 0.717) is 19.4 Å². The van der Waals surface area contributed by atoms with Crippen LogP contribution in [0.1, 0.15) is 47.4 Å². The zero-order chi connectivity index (χ0) is 23.5. The SMILES string of the molecule is CN(CCc1ccccc1)C(=O)Cc1ccc(CC(CCCC(=O)O)c2ccccc2)cc1. The molecule has 0 saturated carbocycles. The molecule has 0 aliphatic heterocycles. The van der Waals surface area contributed by atoms with Crippen LogP contribution < -0.4 is 0 Å². The lowest BCUT2D eigenvalue weighted by Crippen LogP contribution is -2.30. The molecule has 1 amide bonds.